The molecule has 0 N–H and O–H groups in total. The van der Waals surface area contributed by atoms with E-state index in [1.54, 1.807) is 19.1 Å². The Hall–Kier alpha value is -1.60. The quantitative estimate of drug-likeness (QED) is 0.618. The van der Waals surface area contributed by atoms with Crippen molar-refractivity contribution in [2.75, 3.05) is 18.6 Å². The van der Waals surface area contributed by atoms with Gasteiger partial charge in [0.2, 0.25) is 15.0 Å². The highest BCUT2D eigenvalue weighted by Gasteiger charge is 2.38. The molecule has 1 heterocycles. The van der Waals surface area contributed by atoms with Crippen molar-refractivity contribution >= 4 is 37.3 Å². The van der Waals surface area contributed by atoms with Gasteiger partial charge in [0.05, 0.1) is 12.7 Å². The molecule has 1 saturated heterocycles. The summed E-state index contributed by atoms with van der Waals surface area (Å²) >= 11 is 0. The summed E-state index contributed by atoms with van der Waals surface area (Å²) in [4.78, 5) is 24.9. The number of aryl methyl sites for hydroxylation is 1. The van der Waals surface area contributed by atoms with E-state index in [1.165, 1.54) is 18.1 Å². The number of anilines is 1. The van der Waals surface area contributed by atoms with Crippen LogP contribution in [0.15, 0.2) is 18.2 Å². The standard InChI is InChI=1S/C13H14ClNO5S/c1-8-3-4-9(13(17)20-2)5-11(8)15-7-10(6-12(15)16)21(14,18)19/h3-5,10H,6-7H2,1-2H3. The van der Waals surface area contributed by atoms with Crippen LogP contribution in [0, 0.1) is 6.92 Å². The van der Waals surface area contributed by atoms with Crippen LogP contribution in [0.2, 0.25) is 0 Å². The van der Waals surface area contributed by atoms with Crippen molar-refractivity contribution < 1.29 is 22.7 Å². The Bertz CT molecular complexity index is 701. The van der Waals surface area contributed by atoms with Crippen molar-refractivity contribution in [2.45, 2.75) is 18.6 Å². The van der Waals surface area contributed by atoms with Gasteiger partial charge in [0.25, 0.3) is 0 Å². The molecule has 0 saturated carbocycles. The van der Waals surface area contributed by atoms with E-state index in [0.717, 1.165) is 5.56 Å². The fourth-order valence-corrected chi connectivity index (χ4v) is 3.27. The van der Waals surface area contributed by atoms with E-state index in [2.05, 4.69) is 4.74 Å². The predicted octanol–water partition coefficient (Wildman–Crippen LogP) is 1.46. The highest BCUT2D eigenvalue weighted by molar-refractivity contribution is 8.14. The topological polar surface area (TPSA) is 80.8 Å². The summed E-state index contributed by atoms with van der Waals surface area (Å²) in [6, 6.07) is 4.78. The average molecular weight is 332 g/mol. The first-order chi connectivity index (χ1) is 9.74. The molecule has 21 heavy (non-hydrogen) atoms. The molecule has 114 valence electrons. The van der Waals surface area contributed by atoms with Crippen LogP contribution in [-0.4, -0.2) is 39.2 Å². The molecule has 1 fully saturated rings. The molecular formula is C13H14ClNO5S. The molecule has 1 aromatic carbocycles. The van der Waals surface area contributed by atoms with Gasteiger partial charge in [0, 0.05) is 29.3 Å². The molecule has 0 spiro atoms. The molecule has 1 aromatic rings. The Labute approximate surface area is 127 Å². The van der Waals surface area contributed by atoms with Gasteiger partial charge in [0.15, 0.2) is 0 Å². The third-order valence-corrected chi connectivity index (χ3v) is 5.28. The fourth-order valence-electron chi connectivity index (χ4n) is 2.24. The summed E-state index contributed by atoms with van der Waals surface area (Å²) < 4.78 is 27.4. The summed E-state index contributed by atoms with van der Waals surface area (Å²) in [5.41, 5.74) is 1.54. The molecule has 1 atom stereocenters. The first-order valence-electron chi connectivity index (χ1n) is 6.17. The number of carbonyl (C=O) groups excluding carboxylic acids is 2. The Balaban J connectivity index is 2.38. The summed E-state index contributed by atoms with van der Waals surface area (Å²) in [6.45, 7) is 1.75. The van der Waals surface area contributed by atoms with E-state index in [0.29, 0.717) is 11.3 Å². The third-order valence-electron chi connectivity index (χ3n) is 3.41. The van der Waals surface area contributed by atoms with Crippen LogP contribution >= 0.6 is 10.7 Å². The number of hydrogen-bond acceptors (Lipinski definition) is 5. The first-order valence-corrected chi connectivity index (χ1v) is 8.54. The number of benzene rings is 1. The van der Waals surface area contributed by atoms with Gasteiger partial charge < -0.3 is 9.64 Å². The van der Waals surface area contributed by atoms with E-state index in [4.69, 9.17) is 10.7 Å². The number of nitrogens with zero attached hydrogens (tertiary/aromatic N) is 1. The number of rotatable bonds is 3. The summed E-state index contributed by atoms with van der Waals surface area (Å²) in [5, 5.41) is -0.937. The summed E-state index contributed by atoms with van der Waals surface area (Å²) in [6.07, 6.45) is -0.159. The Morgan fingerprint density at radius 1 is 1.43 bits per heavy atom. The lowest BCUT2D eigenvalue weighted by molar-refractivity contribution is -0.117. The van der Waals surface area contributed by atoms with Gasteiger partial charge in [-0.2, -0.15) is 0 Å². The Morgan fingerprint density at radius 3 is 2.62 bits per heavy atom. The van der Waals surface area contributed by atoms with E-state index < -0.39 is 20.3 Å². The van der Waals surface area contributed by atoms with Crippen molar-refractivity contribution in [1.29, 1.82) is 0 Å². The van der Waals surface area contributed by atoms with Crippen molar-refractivity contribution in [3.8, 4) is 0 Å². The van der Waals surface area contributed by atoms with Gasteiger partial charge in [0.1, 0.15) is 5.25 Å². The van der Waals surface area contributed by atoms with E-state index in [-0.39, 0.29) is 18.9 Å². The highest BCUT2D eigenvalue weighted by atomic mass is 35.7. The second-order valence-corrected chi connectivity index (χ2v) is 7.71. The van der Waals surface area contributed by atoms with E-state index >= 15 is 0 Å². The van der Waals surface area contributed by atoms with Crippen LogP contribution in [0.4, 0.5) is 5.69 Å². The molecule has 1 unspecified atom stereocenters. The molecule has 0 radical (unpaired) electrons. The maximum atomic E-state index is 12.0. The number of halogens is 1. The summed E-state index contributed by atoms with van der Waals surface area (Å²) in [7, 11) is 2.78. The number of methoxy groups -OCH3 is 1. The highest BCUT2D eigenvalue weighted by Crippen LogP contribution is 2.30. The van der Waals surface area contributed by atoms with Gasteiger partial charge in [-0.15, -0.1) is 0 Å². The lowest BCUT2D eigenvalue weighted by atomic mass is 10.1. The lowest BCUT2D eigenvalue weighted by Gasteiger charge is -2.19. The maximum Gasteiger partial charge on any atom is 0.337 e. The summed E-state index contributed by atoms with van der Waals surface area (Å²) in [5.74, 6) is -0.862. The van der Waals surface area contributed by atoms with Crippen molar-refractivity contribution in [3.63, 3.8) is 0 Å². The predicted molar refractivity (Wildman–Crippen MR) is 78.0 cm³/mol. The van der Waals surface area contributed by atoms with Gasteiger partial charge in [-0.05, 0) is 24.6 Å². The maximum absolute atomic E-state index is 12.0. The Morgan fingerprint density at radius 2 is 2.10 bits per heavy atom. The molecule has 8 heteroatoms. The fraction of sp³-hybridized carbons (Fsp3) is 0.385. The molecule has 6 nitrogen and oxygen atoms in total. The monoisotopic (exact) mass is 331 g/mol. The molecule has 2 rings (SSSR count). The minimum Gasteiger partial charge on any atom is -0.465 e. The minimum atomic E-state index is -3.80. The zero-order valence-electron chi connectivity index (χ0n) is 11.5. The number of ether oxygens (including phenoxy) is 1. The van der Waals surface area contributed by atoms with Crippen LogP contribution in [0.5, 0.6) is 0 Å². The van der Waals surface area contributed by atoms with Gasteiger partial charge in [-0.1, -0.05) is 6.07 Å². The molecule has 0 aliphatic carbocycles. The number of carbonyl (C=O) groups is 2. The average Bonchev–Trinajstić information content (AvgIpc) is 2.80. The van der Waals surface area contributed by atoms with Crippen LogP contribution < -0.4 is 4.90 Å². The zero-order chi connectivity index (χ0) is 15.8. The zero-order valence-corrected chi connectivity index (χ0v) is 13.1. The van der Waals surface area contributed by atoms with Gasteiger partial charge >= 0.3 is 5.97 Å². The molecule has 0 bridgehead atoms. The van der Waals surface area contributed by atoms with E-state index in [1.807, 2.05) is 0 Å². The van der Waals surface area contributed by atoms with Crippen LogP contribution in [-0.2, 0) is 18.6 Å². The van der Waals surface area contributed by atoms with Crippen LogP contribution in [0.1, 0.15) is 22.3 Å². The third kappa shape index (κ3) is 3.19. The Kier molecular flexibility index (Phi) is 4.25. The molecular weight excluding hydrogens is 318 g/mol. The first kappa shape index (κ1) is 15.8. The van der Waals surface area contributed by atoms with Crippen molar-refractivity contribution in [3.05, 3.63) is 29.3 Å². The largest absolute Gasteiger partial charge is 0.465 e. The number of amides is 1. The smallest absolute Gasteiger partial charge is 0.337 e. The number of esters is 1. The van der Waals surface area contributed by atoms with E-state index in [9.17, 15) is 18.0 Å². The second kappa shape index (κ2) is 5.65. The minimum absolute atomic E-state index is 0.0177. The molecule has 0 aromatic heterocycles. The van der Waals surface area contributed by atoms with Gasteiger partial charge in [-0.25, -0.2) is 13.2 Å². The lowest BCUT2D eigenvalue weighted by Crippen LogP contribution is -2.27. The van der Waals surface area contributed by atoms with Crippen molar-refractivity contribution in [2.24, 2.45) is 0 Å². The van der Waals surface area contributed by atoms with Gasteiger partial charge in [-0.3, -0.25) is 4.79 Å². The van der Waals surface area contributed by atoms with Crippen LogP contribution in [0.25, 0.3) is 0 Å². The van der Waals surface area contributed by atoms with Crippen LogP contribution in [0.3, 0.4) is 0 Å². The molecule has 1 amide bonds. The molecule has 1 aliphatic heterocycles. The SMILES string of the molecule is COC(=O)c1ccc(C)c(N2CC(S(=O)(=O)Cl)CC2=O)c1. The molecule has 1 aliphatic rings. The van der Waals surface area contributed by atoms with Crippen molar-refractivity contribution in [1.82, 2.24) is 0 Å². The number of hydrogen-bond donors (Lipinski definition) is 0. The normalized spacial score (nSPS) is 18.9. The second-order valence-electron chi connectivity index (χ2n) is 4.80.